The maximum Gasteiger partial charge on any atom is 0.225 e. The van der Waals surface area contributed by atoms with Gasteiger partial charge in [0, 0.05) is 36.3 Å². The van der Waals surface area contributed by atoms with Crippen molar-refractivity contribution in [1.82, 2.24) is 9.88 Å². The zero-order valence-corrected chi connectivity index (χ0v) is 17.5. The van der Waals surface area contributed by atoms with E-state index in [1.165, 1.54) is 17.3 Å². The third-order valence-corrected chi connectivity index (χ3v) is 6.58. The second-order valence-electron chi connectivity index (χ2n) is 7.96. The number of hydrogen-bond donors (Lipinski definition) is 2. The van der Waals surface area contributed by atoms with Crippen molar-refractivity contribution in [1.29, 1.82) is 5.41 Å². The predicted molar refractivity (Wildman–Crippen MR) is 121 cm³/mol. The van der Waals surface area contributed by atoms with Crippen molar-refractivity contribution in [3.63, 3.8) is 0 Å². The second kappa shape index (κ2) is 8.03. The molecular weight excluding hydrogens is 380 g/mol. The first-order chi connectivity index (χ1) is 13.9. The molecule has 0 bridgehead atoms. The number of nitrogens with one attached hydrogen (secondary N) is 2. The molecule has 2 N–H and O–H groups in total. The molecule has 3 aliphatic rings. The summed E-state index contributed by atoms with van der Waals surface area (Å²) in [6.45, 7) is 12.2. The number of hydrogen-bond acceptors (Lipinski definition) is 5. The molecule has 0 saturated carbocycles. The van der Waals surface area contributed by atoms with Gasteiger partial charge in [-0.15, -0.1) is 0 Å². The highest BCUT2D eigenvalue weighted by Crippen LogP contribution is 2.42. The first kappa shape index (κ1) is 19.7. The van der Waals surface area contributed by atoms with Crippen molar-refractivity contribution >= 4 is 34.6 Å². The molecule has 29 heavy (non-hydrogen) atoms. The lowest BCUT2D eigenvalue weighted by atomic mass is 10.00. The second-order valence-corrected chi connectivity index (χ2v) is 9.26. The van der Waals surface area contributed by atoms with Crippen LogP contribution < -0.4 is 5.32 Å². The van der Waals surface area contributed by atoms with Crippen LogP contribution in [0.5, 0.6) is 0 Å². The van der Waals surface area contributed by atoms with Crippen LogP contribution >= 0.6 is 11.8 Å². The van der Waals surface area contributed by atoms with Crippen molar-refractivity contribution < 1.29 is 4.79 Å². The van der Waals surface area contributed by atoms with E-state index in [0.29, 0.717) is 29.1 Å². The lowest BCUT2D eigenvalue weighted by Crippen LogP contribution is -2.20. The number of rotatable bonds is 5. The van der Waals surface area contributed by atoms with Crippen LogP contribution in [0.25, 0.3) is 6.08 Å². The molecule has 3 heterocycles. The largest absolute Gasteiger partial charge is 0.371 e. The highest BCUT2D eigenvalue weighted by atomic mass is 32.2. The van der Waals surface area contributed by atoms with Gasteiger partial charge in [-0.05, 0) is 60.4 Å². The Hall–Kier alpha value is -2.60. The van der Waals surface area contributed by atoms with Crippen molar-refractivity contribution in [2.45, 2.75) is 26.2 Å². The summed E-state index contributed by atoms with van der Waals surface area (Å²) in [5.41, 5.74) is 4.44. The van der Waals surface area contributed by atoms with E-state index in [2.05, 4.69) is 46.6 Å². The lowest BCUT2D eigenvalue weighted by Gasteiger charge is -2.20. The summed E-state index contributed by atoms with van der Waals surface area (Å²) in [5.74, 6) is 1.86. The molecule has 0 aromatic carbocycles. The van der Waals surface area contributed by atoms with Crippen LogP contribution in [0.2, 0.25) is 0 Å². The monoisotopic (exact) mass is 406 g/mol. The number of allylic oxidation sites excluding steroid dienone is 2. The van der Waals surface area contributed by atoms with Crippen LogP contribution in [0, 0.1) is 17.2 Å². The number of anilines is 1. The molecule has 0 spiro atoms. The number of nitrogens with zero attached hydrogens (tertiary/aromatic N) is 2. The molecule has 5 nitrogen and oxygen atoms in total. The van der Waals surface area contributed by atoms with Crippen LogP contribution in [0.1, 0.15) is 30.9 Å². The molecule has 4 rings (SSSR count). The fourth-order valence-corrected chi connectivity index (χ4v) is 4.92. The van der Waals surface area contributed by atoms with Crippen LogP contribution in [0.15, 0.2) is 53.7 Å². The number of aryl methyl sites for hydroxylation is 1. The van der Waals surface area contributed by atoms with Crippen LogP contribution in [0.4, 0.5) is 5.82 Å². The first-order valence-corrected chi connectivity index (χ1v) is 10.7. The molecule has 1 amide bonds. The Labute approximate surface area is 176 Å². The summed E-state index contributed by atoms with van der Waals surface area (Å²) in [6.07, 6.45) is 10.5. The van der Waals surface area contributed by atoms with Gasteiger partial charge in [0.05, 0.1) is 5.04 Å². The van der Waals surface area contributed by atoms with Crippen molar-refractivity contribution in [3.05, 3.63) is 64.9 Å². The molecule has 6 heteroatoms. The third kappa shape index (κ3) is 4.37. The molecule has 150 valence electrons. The number of fused-ring (bicyclic) bond motifs is 2. The predicted octanol–water partition coefficient (Wildman–Crippen LogP) is 4.62. The third-order valence-electron chi connectivity index (χ3n) is 5.76. The van der Waals surface area contributed by atoms with E-state index in [0.717, 1.165) is 47.7 Å². The average molecular weight is 407 g/mol. The van der Waals surface area contributed by atoms with Crippen LogP contribution in [-0.2, 0) is 11.2 Å². The molecule has 1 aromatic heterocycles. The Kier molecular flexibility index (Phi) is 5.46. The molecule has 2 atom stereocenters. The van der Waals surface area contributed by atoms with E-state index >= 15 is 0 Å². The zero-order chi connectivity index (χ0) is 20.5. The van der Waals surface area contributed by atoms with E-state index in [1.54, 1.807) is 13.1 Å². The van der Waals surface area contributed by atoms with Gasteiger partial charge in [0.1, 0.15) is 5.82 Å². The summed E-state index contributed by atoms with van der Waals surface area (Å²) in [6, 6.07) is 2.09. The summed E-state index contributed by atoms with van der Waals surface area (Å²) in [4.78, 5) is 19.2. The zero-order valence-electron chi connectivity index (χ0n) is 16.7. The Bertz CT molecular complexity index is 962. The van der Waals surface area contributed by atoms with E-state index < -0.39 is 0 Å². The number of thioether (sulfide) groups is 1. The van der Waals surface area contributed by atoms with Gasteiger partial charge < -0.3 is 10.2 Å². The molecule has 0 radical (unpaired) electrons. The SMILES string of the molecule is C=C(SC(C)=N)C1=CC2CN(C(=C)/C=C/c3cnc4c(c3)CCC(=O)N4)CC2C1. The number of amides is 1. The molecule has 1 aromatic rings. The Morgan fingerprint density at radius 3 is 2.97 bits per heavy atom. The minimum absolute atomic E-state index is 0.0357. The maximum absolute atomic E-state index is 11.5. The number of likely N-dealkylation sites (tertiary alicyclic amines) is 1. The van der Waals surface area contributed by atoms with Gasteiger partial charge in [-0.2, -0.15) is 0 Å². The van der Waals surface area contributed by atoms with Crippen LogP contribution in [0.3, 0.4) is 0 Å². The number of carbonyl (C=O) groups excluding carboxylic acids is 1. The Morgan fingerprint density at radius 2 is 2.21 bits per heavy atom. The van der Waals surface area contributed by atoms with Gasteiger partial charge >= 0.3 is 0 Å². The van der Waals surface area contributed by atoms with Gasteiger partial charge in [0.25, 0.3) is 0 Å². The standard InChI is InChI=1S/C23H26N4OS/c1-14(4-5-17-8-18-6-7-22(28)26-23(18)25-11-17)27-12-20-9-19(10-21(20)13-27)15(2)29-16(3)24/h4-5,8-9,11,20-21,24H,1-2,6-7,10,12-13H2,3H3,(H,25,26,28)/b5-4+,24-16?. The molecule has 2 unspecified atom stereocenters. The van der Waals surface area contributed by atoms with Crippen molar-refractivity contribution in [2.24, 2.45) is 11.8 Å². The molecule has 1 fully saturated rings. The molecule has 1 saturated heterocycles. The Morgan fingerprint density at radius 1 is 1.38 bits per heavy atom. The summed E-state index contributed by atoms with van der Waals surface area (Å²) in [7, 11) is 0. The number of pyridine rings is 1. The molecule has 2 aliphatic heterocycles. The lowest BCUT2D eigenvalue weighted by molar-refractivity contribution is -0.116. The number of aromatic nitrogens is 1. The topological polar surface area (TPSA) is 69.1 Å². The van der Waals surface area contributed by atoms with E-state index in [9.17, 15) is 4.79 Å². The highest BCUT2D eigenvalue weighted by Gasteiger charge is 2.36. The van der Waals surface area contributed by atoms with Gasteiger partial charge in [-0.1, -0.05) is 37.1 Å². The van der Waals surface area contributed by atoms with E-state index in [-0.39, 0.29) is 5.91 Å². The number of carbonyl (C=O) groups is 1. The summed E-state index contributed by atoms with van der Waals surface area (Å²) in [5, 5.41) is 11.0. The fraction of sp³-hybridized carbons (Fsp3) is 0.348. The highest BCUT2D eigenvalue weighted by molar-refractivity contribution is 8.17. The van der Waals surface area contributed by atoms with E-state index in [4.69, 9.17) is 5.41 Å². The summed E-state index contributed by atoms with van der Waals surface area (Å²) >= 11 is 1.46. The first-order valence-electron chi connectivity index (χ1n) is 9.92. The van der Waals surface area contributed by atoms with Gasteiger partial charge in [0.2, 0.25) is 5.91 Å². The van der Waals surface area contributed by atoms with Crippen molar-refractivity contribution in [3.8, 4) is 0 Å². The average Bonchev–Trinajstić information content (AvgIpc) is 3.25. The van der Waals surface area contributed by atoms with Gasteiger partial charge in [0.15, 0.2) is 0 Å². The van der Waals surface area contributed by atoms with Gasteiger partial charge in [-0.25, -0.2) is 4.98 Å². The van der Waals surface area contributed by atoms with Crippen molar-refractivity contribution in [2.75, 3.05) is 18.4 Å². The fourth-order valence-electron chi connectivity index (χ4n) is 4.27. The minimum Gasteiger partial charge on any atom is -0.371 e. The van der Waals surface area contributed by atoms with Gasteiger partial charge in [-0.3, -0.25) is 10.2 Å². The van der Waals surface area contributed by atoms with Crippen LogP contribution in [-0.4, -0.2) is 33.9 Å². The maximum atomic E-state index is 11.5. The van der Waals surface area contributed by atoms with E-state index in [1.807, 2.05) is 6.08 Å². The summed E-state index contributed by atoms with van der Waals surface area (Å²) < 4.78 is 0. The normalized spacial score (nSPS) is 22.9. The Balaban J connectivity index is 1.36. The minimum atomic E-state index is 0.0357. The quantitative estimate of drug-likeness (QED) is 0.425. The smallest absolute Gasteiger partial charge is 0.225 e. The molecular formula is C23H26N4OS. The molecule has 1 aliphatic carbocycles.